The molecule has 0 aliphatic rings. The van der Waals surface area contributed by atoms with Crippen LogP contribution in [0.25, 0.3) is 5.69 Å². The van der Waals surface area contributed by atoms with Gasteiger partial charge in [0.05, 0.1) is 11.7 Å². The molecule has 0 aliphatic heterocycles. The zero-order valence-corrected chi connectivity index (χ0v) is 23.8. The number of benzene rings is 2. The molecule has 0 saturated heterocycles. The molecule has 1 amide bonds. The van der Waals surface area contributed by atoms with Gasteiger partial charge in [-0.15, -0.1) is 0 Å². The van der Waals surface area contributed by atoms with Crippen molar-refractivity contribution in [2.75, 3.05) is 6.54 Å². The maximum atomic E-state index is 14.7. The van der Waals surface area contributed by atoms with Crippen molar-refractivity contribution in [3.05, 3.63) is 83.2 Å². The molecule has 1 heterocycles. The fourth-order valence-electron chi connectivity index (χ4n) is 4.30. The number of carboxylic acid groups (broad SMARTS) is 1. The van der Waals surface area contributed by atoms with E-state index in [9.17, 15) is 23.5 Å². The first-order valence-electron chi connectivity index (χ1n) is 13.2. The van der Waals surface area contributed by atoms with Crippen LogP contribution in [0.5, 0.6) is 0 Å². The van der Waals surface area contributed by atoms with Crippen LogP contribution >= 0.6 is 0 Å². The van der Waals surface area contributed by atoms with Crippen LogP contribution in [0.1, 0.15) is 70.8 Å². The van der Waals surface area contributed by atoms with Crippen molar-refractivity contribution in [1.29, 1.82) is 0 Å². The summed E-state index contributed by atoms with van der Waals surface area (Å²) in [5.41, 5.74) is 1.28. The summed E-state index contributed by atoms with van der Waals surface area (Å²) in [5.74, 6) is -2.38. The molecular weight excluding hydrogens is 518 g/mol. The highest BCUT2D eigenvalue weighted by Crippen LogP contribution is 2.35. The molecule has 0 bridgehead atoms. The molecule has 0 saturated carbocycles. The van der Waals surface area contributed by atoms with E-state index in [1.807, 2.05) is 51.1 Å². The molecule has 216 valence electrons. The van der Waals surface area contributed by atoms with Crippen molar-refractivity contribution in [3.8, 4) is 5.69 Å². The van der Waals surface area contributed by atoms with E-state index in [0.717, 1.165) is 29.3 Å². The van der Waals surface area contributed by atoms with Gasteiger partial charge in [0.25, 0.3) is 0 Å². The highest BCUT2D eigenvalue weighted by atomic mass is 19.1. The van der Waals surface area contributed by atoms with Gasteiger partial charge in [-0.1, -0.05) is 51.1 Å². The lowest BCUT2D eigenvalue weighted by Crippen LogP contribution is -2.45. The molecule has 1 aromatic heterocycles. The zero-order chi connectivity index (χ0) is 29.7. The van der Waals surface area contributed by atoms with E-state index < -0.39 is 40.8 Å². The van der Waals surface area contributed by atoms with Gasteiger partial charge in [0, 0.05) is 18.7 Å². The van der Waals surface area contributed by atoms with Crippen molar-refractivity contribution in [1.82, 2.24) is 20.4 Å². The number of carbonyl (C=O) groups is 2. The lowest BCUT2D eigenvalue weighted by molar-refractivity contribution is -0.139. The zero-order valence-electron chi connectivity index (χ0n) is 23.8. The molecule has 0 fully saturated rings. The lowest BCUT2D eigenvalue weighted by Gasteiger charge is -2.32. The summed E-state index contributed by atoms with van der Waals surface area (Å²) in [4.78, 5) is 24.0. The third kappa shape index (κ3) is 8.61. The van der Waals surface area contributed by atoms with E-state index in [1.165, 1.54) is 4.68 Å². The van der Waals surface area contributed by atoms with E-state index in [0.29, 0.717) is 12.1 Å². The minimum absolute atomic E-state index is 0.0132. The van der Waals surface area contributed by atoms with E-state index in [1.54, 1.807) is 27.0 Å². The van der Waals surface area contributed by atoms with Crippen LogP contribution in [0.15, 0.2) is 54.7 Å². The lowest BCUT2D eigenvalue weighted by atomic mass is 9.83. The molecule has 3 aromatic rings. The molecule has 3 N–H and O–H groups in total. The standard InChI is InChI=1S/C30H38F2N4O4/c1-29(2,3)26(33-15-14-23(27(37)38)34-28(39)40-30(4,5)6)25-20(16-19-10-8-7-9-11-19)18-36(35-25)24-17-21(31)12-13-22(24)32/h7-13,17-18,23,26,33H,14-16H2,1-6H3,(H,34,39)(H,37,38). The van der Waals surface area contributed by atoms with Crippen LogP contribution in [0, 0.1) is 17.0 Å². The Morgan fingerprint density at radius 1 is 1.05 bits per heavy atom. The fraction of sp³-hybridized carbons (Fsp3) is 0.433. The monoisotopic (exact) mass is 556 g/mol. The van der Waals surface area contributed by atoms with Gasteiger partial charge >= 0.3 is 12.1 Å². The van der Waals surface area contributed by atoms with Gasteiger partial charge in [0.15, 0.2) is 0 Å². The molecular formula is C30H38F2N4O4. The third-order valence-corrected chi connectivity index (χ3v) is 6.12. The van der Waals surface area contributed by atoms with Gasteiger partial charge in [0.2, 0.25) is 0 Å². The average Bonchev–Trinajstić information content (AvgIpc) is 3.23. The summed E-state index contributed by atoms with van der Waals surface area (Å²) in [6, 6.07) is 11.4. The van der Waals surface area contributed by atoms with Crippen LogP contribution in [0.4, 0.5) is 13.6 Å². The summed E-state index contributed by atoms with van der Waals surface area (Å²) in [7, 11) is 0. The minimum atomic E-state index is -1.18. The molecule has 0 radical (unpaired) electrons. The van der Waals surface area contributed by atoms with E-state index in [2.05, 4.69) is 10.6 Å². The summed E-state index contributed by atoms with van der Waals surface area (Å²) in [6.45, 7) is 11.3. The highest BCUT2D eigenvalue weighted by molar-refractivity contribution is 5.80. The molecule has 0 aliphatic carbocycles. The van der Waals surface area contributed by atoms with Crippen molar-refractivity contribution in [2.45, 2.75) is 72.1 Å². The summed E-state index contributed by atoms with van der Waals surface area (Å²) in [6.07, 6.45) is 1.46. The van der Waals surface area contributed by atoms with E-state index in [-0.39, 0.29) is 24.7 Å². The minimum Gasteiger partial charge on any atom is -0.480 e. The number of alkyl carbamates (subject to hydrolysis) is 1. The molecule has 2 aromatic carbocycles. The maximum absolute atomic E-state index is 14.7. The topological polar surface area (TPSA) is 105 Å². The predicted octanol–water partition coefficient (Wildman–Crippen LogP) is 5.79. The third-order valence-electron chi connectivity index (χ3n) is 6.12. The number of hydrogen-bond donors (Lipinski definition) is 3. The number of carboxylic acids is 1. The van der Waals surface area contributed by atoms with Crippen LogP contribution < -0.4 is 10.6 Å². The quantitative estimate of drug-likeness (QED) is 0.292. The van der Waals surface area contributed by atoms with Gasteiger partial charge in [-0.25, -0.2) is 23.1 Å². The predicted molar refractivity (Wildman–Crippen MR) is 148 cm³/mol. The Kier molecular flexibility index (Phi) is 9.68. The number of aromatic nitrogens is 2. The Morgan fingerprint density at radius 2 is 1.73 bits per heavy atom. The molecule has 10 heteroatoms. The number of amides is 1. The first-order chi connectivity index (χ1) is 18.6. The van der Waals surface area contributed by atoms with E-state index >= 15 is 0 Å². The van der Waals surface area contributed by atoms with Crippen molar-refractivity contribution in [2.24, 2.45) is 5.41 Å². The number of hydrogen-bond acceptors (Lipinski definition) is 5. The number of rotatable bonds is 10. The van der Waals surface area contributed by atoms with Gasteiger partial charge in [-0.3, -0.25) is 0 Å². The van der Waals surface area contributed by atoms with E-state index in [4.69, 9.17) is 9.84 Å². The fourth-order valence-corrected chi connectivity index (χ4v) is 4.30. The molecule has 3 rings (SSSR count). The van der Waals surface area contributed by atoms with Crippen molar-refractivity contribution in [3.63, 3.8) is 0 Å². The first kappa shape index (κ1) is 30.7. The average molecular weight is 557 g/mol. The Balaban J connectivity index is 1.91. The number of nitrogens with one attached hydrogen (secondary N) is 2. The Morgan fingerprint density at radius 3 is 2.33 bits per heavy atom. The smallest absolute Gasteiger partial charge is 0.408 e. The highest BCUT2D eigenvalue weighted by Gasteiger charge is 2.32. The molecule has 8 nitrogen and oxygen atoms in total. The van der Waals surface area contributed by atoms with Crippen LogP contribution in [-0.2, 0) is 16.0 Å². The summed E-state index contributed by atoms with van der Waals surface area (Å²) >= 11 is 0. The van der Waals surface area contributed by atoms with Crippen LogP contribution in [0.3, 0.4) is 0 Å². The second kappa shape index (κ2) is 12.6. The Bertz CT molecular complexity index is 1310. The second-order valence-electron chi connectivity index (χ2n) is 11.8. The van der Waals surface area contributed by atoms with Crippen LogP contribution in [0.2, 0.25) is 0 Å². The number of ether oxygens (including phenoxy) is 1. The Labute approximate surface area is 233 Å². The van der Waals surface area contributed by atoms with Crippen molar-refractivity contribution < 1.29 is 28.2 Å². The number of aliphatic carboxylic acids is 1. The van der Waals surface area contributed by atoms with Gasteiger partial charge in [-0.05, 0) is 62.4 Å². The summed E-state index contributed by atoms with van der Waals surface area (Å²) in [5, 5.41) is 20.2. The number of nitrogens with zero attached hydrogens (tertiary/aromatic N) is 2. The largest absolute Gasteiger partial charge is 0.480 e. The SMILES string of the molecule is CC(C)(C)OC(=O)NC(CCNC(c1nn(-c2cc(F)ccc2F)cc1Cc1ccccc1)C(C)(C)C)C(=O)O. The molecule has 0 spiro atoms. The second-order valence-corrected chi connectivity index (χ2v) is 11.8. The first-order valence-corrected chi connectivity index (χ1v) is 13.2. The number of halogens is 2. The normalized spacial score (nSPS) is 13.5. The molecule has 40 heavy (non-hydrogen) atoms. The van der Waals surface area contributed by atoms with Gasteiger partial charge < -0.3 is 20.5 Å². The molecule has 2 unspecified atom stereocenters. The summed E-state index contributed by atoms with van der Waals surface area (Å²) < 4.78 is 35.3. The van der Waals surface area contributed by atoms with Gasteiger partial charge in [-0.2, -0.15) is 5.10 Å². The maximum Gasteiger partial charge on any atom is 0.408 e. The Hall–Kier alpha value is -3.79. The molecule has 2 atom stereocenters. The number of carbonyl (C=O) groups excluding carboxylic acids is 1. The van der Waals surface area contributed by atoms with Gasteiger partial charge in [0.1, 0.15) is 29.0 Å². The van der Waals surface area contributed by atoms with Crippen LogP contribution in [-0.4, -0.2) is 45.1 Å². The van der Waals surface area contributed by atoms with Crippen molar-refractivity contribution >= 4 is 12.1 Å².